The van der Waals surface area contributed by atoms with Crippen molar-refractivity contribution in [2.75, 3.05) is 0 Å². The van der Waals surface area contributed by atoms with E-state index in [1.165, 1.54) is 6.07 Å². The number of alkyl halides is 3. The van der Waals surface area contributed by atoms with Crippen LogP contribution in [0.1, 0.15) is 22.4 Å². The number of fused-ring (bicyclic) bond motifs is 1. The van der Waals surface area contributed by atoms with Crippen LogP contribution in [0.5, 0.6) is 5.75 Å². The molecule has 0 saturated heterocycles. The number of pyridine rings is 1. The van der Waals surface area contributed by atoms with Crippen molar-refractivity contribution < 1.29 is 17.9 Å². The van der Waals surface area contributed by atoms with Gasteiger partial charge in [-0.2, -0.15) is 13.2 Å². The van der Waals surface area contributed by atoms with Gasteiger partial charge in [0.25, 0.3) is 0 Å². The number of benzene rings is 3. The summed E-state index contributed by atoms with van der Waals surface area (Å²) in [5, 5.41) is 1.91. The average Bonchev–Trinajstić information content (AvgIpc) is 2.76. The van der Waals surface area contributed by atoms with Gasteiger partial charge in [-0.05, 0) is 59.0 Å². The second-order valence-electron chi connectivity index (χ2n) is 6.81. The molecule has 0 saturated carbocycles. The number of aromatic nitrogens is 1. The number of hydrogen-bond donors (Lipinski definition) is 0. The van der Waals surface area contributed by atoms with Crippen LogP contribution in [0.4, 0.5) is 13.2 Å². The van der Waals surface area contributed by atoms with E-state index in [4.69, 9.17) is 4.74 Å². The molecule has 0 spiro atoms. The molecule has 0 aliphatic carbocycles. The van der Waals surface area contributed by atoms with Crippen molar-refractivity contribution in [3.63, 3.8) is 0 Å². The second kappa shape index (κ2) is 8.41. The van der Waals surface area contributed by atoms with Crippen molar-refractivity contribution in [3.8, 4) is 5.75 Å². The standard InChI is InChI=1S/C25H18F3NO/c26-25(27,28)21-8-4-7-19(15-21)17-30-22-10-11-23-20(16-22)13-14-29-24(23)12-9-18-5-2-1-3-6-18/h1-16H,17H2. The normalized spacial score (nSPS) is 11.8. The molecule has 4 aromatic rings. The predicted molar refractivity (Wildman–Crippen MR) is 113 cm³/mol. The van der Waals surface area contributed by atoms with Crippen molar-refractivity contribution in [2.24, 2.45) is 0 Å². The zero-order valence-electron chi connectivity index (χ0n) is 15.9. The topological polar surface area (TPSA) is 22.1 Å². The summed E-state index contributed by atoms with van der Waals surface area (Å²) in [6.07, 6.45) is 1.32. The third kappa shape index (κ3) is 4.69. The Morgan fingerprint density at radius 1 is 0.833 bits per heavy atom. The predicted octanol–water partition coefficient (Wildman–Crippen LogP) is 7.00. The molecule has 4 rings (SSSR count). The van der Waals surface area contributed by atoms with E-state index in [-0.39, 0.29) is 6.61 Å². The van der Waals surface area contributed by atoms with Gasteiger partial charge in [-0.1, -0.05) is 48.5 Å². The van der Waals surface area contributed by atoms with E-state index in [9.17, 15) is 13.2 Å². The molecule has 0 unspecified atom stereocenters. The van der Waals surface area contributed by atoms with Crippen LogP contribution in [-0.2, 0) is 12.8 Å². The Kier molecular flexibility index (Phi) is 5.53. The molecule has 0 atom stereocenters. The summed E-state index contributed by atoms with van der Waals surface area (Å²) in [5.41, 5.74) is 1.70. The van der Waals surface area contributed by atoms with Crippen LogP contribution < -0.4 is 4.74 Å². The molecule has 0 N–H and O–H groups in total. The Hall–Kier alpha value is -3.60. The third-order valence-electron chi connectivity index (χ3n) is 4.66. The van der Waals surface area contributed by atoms with Gasteiger partial charge in [-0.3, -0.25) is 4.98 Å². The van der Waals surface area contributed by atoms with Crippen molar-refractivity contribution in [2.45, 2.75) is 12.8 Å². The first-order valence-electron chi connectivity index (χ1n) is 9.40. The molecule has 3 aromatic carbocycles. The molecule has 1 aromatic heterocycles. The molecule has 30 heavy (non-hydrogen) atoms. The highest BCUT2D eigenvalue weighted by molar-refractivity contribution is 5.91. The van der Waals surface area contributed by atoms with Gasteiger partial charge in [0, 0.05) is 11.6 Å². The zero-order chi connectivity index (χ0) is 21.0. The van der Waals surface area contributed by atoms with Gasteiger partial charge in [-0.15, -0.1) is 0 Å². The van der Waals surface area contributed by atoms with Gasteiger partial charge in [0.1, 0.15) is 12.4 Å². The van der Waals surface area contributed by atoms with Gasteiger partial charge in [-0.25, -0.2) is 0 Å². The number of rotatable bonds is 5. The first-order chi connectivity index (χ1) is 14.5. The van der Waals surface area contributed by atoms with E-state index in [2.05, 4.69) is 4.98 Å². The van der Waals surface area contributed by atoms with Crippen molar-refractivity contribution in [1.82, 2.24) is 4.98 Å². The highest BCUT2D eigenvalue weighted by Gasteiger charge is 2.30. The van der Waals surface area contributed by atoms with Crippen molar-refractivity contribution in [1.29, 1.82) is 0 Å². The average molecular weight is 405 g/mol. The molecule has 0 aliphatic rings. The minimum atomic E-state index is -4.37. The molecular formula is C25H18F3NO. The van der Waals surface area contributed by atoms with Crippen LogP contribution in [0.2, 0.25) is 0 Å². The highest BCUT2D eigenvalue weighted by Crippen LogP contribution is 2.30. The van der Waals surface area contributed by atoms with Gasteiger partial charge in [0.05, 0.1) is 11.3 Å². The number of ether oxygens (including phenoxy) is 1. The molecule has 0 fully saturated rings. The smallest absolute Gasteiger partial charge is 0.416 e. The number of nitrogens with zero attached hydrogens (tertiary/aromatic N) is 1. The Balaban J connectivity index is 1.52. The monoisotopic (exact) mass is 405 g/mol. The van der Waals surface area contributed by atoms with E-state index in [0.29, 0.717) is 11.3 Å². The van der Waals surface area contributed by atoms with Gasteiger partial charge in [0.15, 0.2) is 0 Å². The summed E-state index contributed by atoms with van der Waals surface area (Å²) in [6.45, 7) is 0.0568. The van der Waals surface area contributed by atoms with Crippen LogP contribution in [0.3, 0.4) is 0 Å². The molecular weight excluding hydrogens is 387 g/mol. The Bertz CT molecular complexity index is 1180. The van der Waals surface area contributed by atoms with Crippen molar-refractivity contribution >= 4 is 22.9 Å². The fourth-order valence-electron chi connectivity index (χ4n) is 3.15. The lowest BCUT2D eigenvalue weighted by molar-refractivity contribution is -0.137. The summed E-state index contributed by atoms with van der Waals surface area (Å²) in [6, 6.07) is 22.6. The lowest BCUT2D eigenvalue weighted by atomic mass is 10.1. The Morgan fingerprint density at radius 2 is 1.67 bits per heavy atom. The fourth-order valence-corrected chi connectivity index (χ4v) is 3.15. The van der Waals surface area contributed by atoms with E-state index in [1.807, 2.05) is 60.7 Å². The van der Waals surface area contributed by atoms with Gasteiger partial charge < -0.3 is 4.74 Å². The Morgan fingerprint density at radius 3 is 2.47 bits per heavy atom. The maximum Gasteiger partial charge on any atom is 0.416 e. The largest absolute Gasteiger partial charge is 0.489 e. The quantitative estimate of drug-likeness (QED) is 0.356. The molecule has 0 bridgehead atoms. The summed E-state index contributed by atoms with van der Waals surface area (Å²) < 4.78 is 44.3. The maximum absolute atomic E-state index is 12.9. The van der Waals surface area contributed by atoms with E-state index < -0.39 is 11.7 Å². The number of hydrogen-bond acceptors (Lipinski definition) is 2. The van der Waals surface area contributed by atoms with Gasteiger partial charge in [0.2, 0.25) is 0 Å². The summed E-state index contributed by atoms with van der Waals surface area (Å²) in [5.74, 6) is 0.587. The van der Waals surface area contributed by atoms with E-state index >= 15 is 0 Å². The maximum atomic E-state index is 12.9. The minimum absolute atomic E-state index is 0.0568. The first-order valence-corrected chi connectivity index (χ1v) is 9.40. The van der Waals surface area contributed by atoms with Crippen LogP contribution in [0.15, 0.2) is 85.1 Å². The van der Waals surface area contributed by atoms with Crippen LogP contribution in [-0.4, -0.2) is 4.98 Å². The molecule has 0 amide bonds. The SMILES string of the molecule is FC(F)(F)c1cccc(COc2ccc3c(C=Cc4ccccc4)nccc3c2)c1. The summed E-state index contributed by atoms with van der Waals surface area (Å²) in [4.78, 5) is 4.44. The molecule has 2 nitrogen and oxygen atoms in total. The van der Waals surface area contributed by atoms with E-state index in [1.54, 1.807) is 18.3 Å². The van der Waals surface area contributed by atoms with Crippen molar-refractivity contribution in [3.05, 3.63) is 107 Å². The lowest BCUT2D eigenvalue weighted by Gasteiger charge is -2.11. The fraction of sp³-hybridized carbons (Fsp3) is 0.0800. The van der Waals surface area contributed by atoms with Crippen LogP contribution >= 0.6 is 0 Å². The molecule has 0 radical (unpaired) electrons. The van der Waals surface area contributed by atoms with E-state index in [0.717, 1.165) is 34.2 Å². The summed E-state index contributed by atoms with van der Waals surface area (Å²) in [7, 11) is 0. The lowest BCUT2D eigenvalue weighted by Crippen LogP contribution is -2.06. The van der Waals surface area contributed by atoms with Crippen LogP contribution in [0, 0.1) is 0 Å². The molecule has 150 valence electrons. The zero-order valence-corrected chi connectivity index (χ0v) is 15.9. The number of halogens is 3. The summed E-state index contributed by atoms with van der Waals surface area (Å²) >= 11 is 0. The van der Waals surface area contributed by atoms with Gasteiger partial charge >= 0.3 is 6.18 Å². The first kappa shape index (κ1) is 19.7. The molecule has 0 aliphatic heterocycles. The molecule has 5 heteroatoms. The van der Waals surface area contributed by atoms with Crippen LogP contribution in [0.25, 0.3) is 22.9 Å². The third-order valence-corrected chi connectivity index (χ3v) is 4.66. The molecule has 1 heterocycles. The highest BCUT2D eigenvalue weighted by atomic mass is 19.4. The second-order valence-corrected chi connectivity index (χ2v) is 6.81. The minimum Gasteiger partial charge on any atom is -0.489 e. The Labute approximate surface area is 172 Å².